The van der Waals surface area contributed by atoms with Crippen LogP contribution in [0.1, 0.15) is 11.3 Å². The van der Waals surface area contributed by atoms with Crippen molar-refractivity contribution in [2.24, 2.45) is 0 Å². The highest BCUT2D eigenvalue weighted by atomic mass is 32.2. The Balaban J connectivity index is 1.75. The highest BCUT2D eigenvalue weighted by Crippen LogP contribution is 2.22. The normalized spacial score (nSPS) is 11.5. The van der Waals surface area contributed by atoms with Crippen LogP contribution in [-0.4, -0.2) is 18.6 Å². The molecule has 1 aromatic carbocycles. The maximum absolute atomic E-state index is 12.3. The minimum atomic E-state index is -3.58. The van der Waals surface area contributed by atoms with E-state index in [4.69, 9.17) is 4.52 Å². The van der Waals surface area contributed by atoms with Crippen molar-refractivity contribution in [2.45, 2.75) is 18.4 Å². The van der Waals surface area contributed by atoms with Crippen LogP contribution in [0, 0.1) is 6.92 Å². The standard InChI is InChI=1S/C16H15N3O3S/c1-12-9-16(22-19-12)14-4-6-15(7-5-14)23(20,21)18-11-13-3-2-8-17-10-13/h2-10,18H,11H2,1H3. The Kier molecular flexibility index (Phi) is 4.22. The van der Waals surface area contributed by atoms with Gasteiger partial charge < -0.3 is 4.52 Å². The van der Waals surface area contributed by atoms with Crippen LogP contribution in [0.5, 0.6) is 0 Å². The number of nitrogens with zero attached hydrogens (tertiary/aromatic N) is 2. The lowest BCUT2D eigenvalue weighted by molar-refractivity contribution is 0.427. The Hall–Kier alpha value is -2.51. The molecule has 0 atom stereocenters. The Labute approximate surface area is 134 Å². The van der Waals surface area contributed by atoms with Crippen LogP contribution < -0.4 is 4.72 Å². The van der Waals surface area contributed by atoms with Gasteiger partial charge in [0.15, 0.2) is 5.76 Å². The fourth-order valence-electron chi connectivity index (χ4n) is 2.06. The molecule has 0 spiro atoms. The number of benzene rings is 1. The first kappa shape index (κ1) is 15.4. The quantitative estimate of drug-likeness (QED) is 0.777. The zero-order valence-electron chi connectivity index (χ0n) is 12.4. The average Bonchev–Trinajstić information content (AvgIpc) is 3.01. The molecular weight excluding hydrogens is 314 g/mol. The largest absolute Gasteiger partial charge is 0.356 e. The van der Waals surface area contributed by atoms with E-state index in [0.717, 1.165) is 16.8 Å². The molecule has 6 nitrogen and oxygen atoms in total. The Morgan fingerprint density at radius 1 is 1.17 bits per heavy atom. The van der Waals surface area contributed by atoms with E-state index in [1.54, 1.807) is 48.8 Å². The SMILES string of the molecule is Cc1cc(-c2ccc(S(=O)(=O)NCc3cccnc3)cc2)on1. The molecule has 2 heterocycles. The maximum Gasteiger partial charge on any atom is 0.240 e. The van der Waals surface area contributed by atoms with Crippen LogP contribution in [0.3, 0.4) is 0 Å². The number of aromatic nitrogens is 2. The van der Waals surface area contributed by atoms with Crippen LogP contribution in [-0.2, 0) is 16.6 Å². The monoisotopic (exact) mass is 329 g/mol. The van der Waals surface area contributed by atoms with Gasteiger partial charge in [0.25, 0.3) is 0 Å². The second-order valence-corrected chi connectivity index (χ2v) is 6.81. The van der Waals surface area contributed by atoms with Crippen LogP contribution >= 0.6 is 0 Å². The number of hydrogen-bond acceptors (Lipinski definition) is 5. The summed E-state index contributed by atoms with van der Waals surface area (Å²) in [6.07, 6.45) is 3.26. The topological polar surface area (TPSA) is 85.1 Å². The Bertz CT molecular complexity index is 888. The maximum atomic E-state index is 12.3. The molecule has 7 heteroatoms. The van der Waals surface area contributed by atoms with Gasteiger partial charge in [0, 0.05) is 30.6 Å². The van der Waals surface area contributed by atoms with Crippen LogP contribution in [0.25, 0.3) is 11.3 Å². The van der Waals surface area contributed by atoms with Crippen molar-refractivity contribution >= 4 is 10.0 Å². The average molecular weight is 329 g/mol. The fraction of sp³-hybridized carbons (Fsp3) is 0.125. The number of pyridine rings is 1. The Morgan fingerprint density at radius 3 is 2.57 bits per heavy atom. The molecule has 0 fully saturated rings. The number of nitrogens with one attached hydrogen (secondary N) is 1. The van der Waals surface area contributed by atoms with Gasteiger partial charge >= 0.3 is 0 Å². The van der Waals surface area contributed by atoms with E-state index in [-0.39, 0.29) is 11.4 Å². The summed E-state index contributed by atoms with van der Waals surface area (Å²) in [5.41, 5.74) is 2.34. The number of aryl methyl sites for hydroxylation is 1. The molecule has 0 amide bonds. The van der Waals surface area contributed by atoms with E-state index in [0.29, 0.717) is 5.76 Å². The van der Waals surface area contributed by atoms with Crippen molar-refractivity contribution in [2.75, 3.05) is 0 Å². The Morgan fingerprint density at radius 2 is 1.96 bits per heavy atom. The van der Waals surface area contributed by atoms with Gasteiger partial charge in [-0.1, -0.05) is 11.2 Å². The summed E-state index contributed by atoms with van der Waals surface area (Å²) in [4.78, 5) is 4.15. The summed E-state index contributed by atoms with van der Waals surface area (Å²) in [7, 11) is -3.58. The smallest absolute Gasteiger partial charge is 0.240 e. The second-order valence-electron chi connectivity index (χ2n) is 5.04. The molecule has 23 heavy (non-hydrogen) atoms. The minimum Gasteiger partial charge on any atom is -0.356 e. The number of hydrogen-bond donors (Lipinski definition) is 1. The van der Waals surface area contributed by atoms with Crippen LogP contribution in [0.15, 0.2) is 64.3 Å². The highest BCUT2D eigenvalue weighted by molar-refractivity contribution is 7.89. The van der Waals surface area contributed by atoms with E-state index < -0.39 is 10.0 Å². The molecule has 3 aromatic rings. The third kappa shape index (κ3) is 3.64. The summed E-state index contributed by atoms with van der Waals surface area (Å²) >= 11 is 0. The van der Waals surface area contributed by atoms with Gasteiger partial charge in [-0.15, -0.1) is 0 Å². The summed E-state index contributed by atoms with van der Waals surface area (Å²) in [6.45, 7) is 2.02. The molecule has 0 unspecified atom stereocenters. The minimum absolute atomic E-state index is 0.194. The van der Waals surface area contributed by atoms with Gasteiger partial charge in [0.05, 0.1) is 10.6 Å². The molecule has 0 saturated heterocycles. The fourth-order valence-corrected chi connectivity index (χ4v) is 3.08. The molecule has 0 aliphatic carbocycles. The highest BCUT2D eigenvalue weighted by Gasteiger charge is 2.14. The predicted molar refractivity (Wildman–Crippen MR) is 84.9 cm³/mol. The zero-order valence-corrected chi connectivity index (χ0v) is 13.2. The number of rotatable bonds is 5. The molecule has 2 aromatic heterocycles. The van der Waals surface area contributed by atoms with Gasteiger partial charge in [0.2, 0.25) is 10.0 Å². The second kappa shape index (κ2) is 6.31. The first-order chi connectivity index (χ1) is 11.0. The molecule has 0 radical (unpaired) electrons. The van der Waals surface area contributed by atoms with Gasteiger partial charge in [-0.2, -0.15) is 0 Å². The van der Waals surface area contributed by atoms with E-state index >= 15 is 0 Å². The van der Waals surface area contributed by atoms with Crippen molar-refractivity contribution < 1.29 is 12.9 Å². The van der Waals surface area contributed by atoms with E-state index in [2.05, 4.69) is 14.9 Å². The third-order valence-electron chi connectivity index (χ3n) is 3.27. The van der Waals surface area contributed by atoms with E-state index in [1.165, 1.54) is 0 Å². The molecule has 3 rings (SSSR count). The van der Waals surface area contributed by atoms with Gasteiger partial charge in [-0.05, 0) is 42.8 Å². The van der Waals surface area contributed by atoms with Crippen molar-refractivity contribution in [1.29, 1.82) is 0 Å². The van der Waals surface area contributed by atoms with Crippen LogP contribution in [0.4, 0.5) is 0 Å². The lowest BCUT2D eigenvalue weighted by Gasteiger charge is -2.07. The van der Waals surface area contributed by atoms with Crippen molar-refractivity contribution in [1.82, 2.24) is 14.9 Å². The predicted octanol–water partition coefficient (Wildman–Crippen LogP) is 2.52. The summed E-state index contributed by atoms with van der Waals surface area (Å²) < 4.78 is 32.3. The van der Waals surface area contributed by atoms with Crippen molar-refractivity contribution in [3.63, 3.8) is 0 Å². The molecular formula is C16H15N3O3S. The van der Waals surface area contributed by atoms with Crippen molar-refractivity contribution in [3.8, 4) is 11.3 Å². The molecule has 1 N–H and O–H groups in total. The van der Waals surface area contributed by atoms with Crippen LogP contribution in [0.2, 0.25) is 0 Å². The first-order valence-corrected chi connectivity index (χ1v) is 8.45. The lowest BCUT2D eigenvalue weighted by atomic mass is 10.2. The lowest BCUT2D eigenvalue weighted by Crippen LogP contribution is -2.23. The summed E-state index contributed by atoms with van der Waals surface area (Å²) in [6, 6.07) is 11.8. The third-order valence-corrected chi connectivity index (χ3v) is 4.68. The van der Waals surface area contributed by atoms with Gasteiger partial charge in [-0.25, -0.2) is 13.1 Å². The van der Waals surface area contributed by atoms with E-state index in [1.807, 2.05) is 13.0 Å². The number of sulfonamides is 1. The van der Waals surface area contributed by atoms with Crippen molar-refractivity contribution in [3.05, 3.63) is 66.1 Å². The first-order valence-electron chi connectivity index (χ1n) is 6.97. The molecule has 0 aliphatic rings. The summed E-state index contributed by atoms with van der Waals surface area (Å²) in [5, 5.41) is 3.82. The molecule has 0 bridgehead atoms. The van der Waals surface area contributed by atoms with E-state index in [9.17, 15) is 8.42 Å². The summed E-state index contributed by atoms with van der Waals surface area (Å²) in [5.74, 6) is 0.606. The molecule has 0 aliphatic heterocycles. The molecule has 118 valence electrons. The molecule has 0 saturated carbocycles. The van der Waals surface area contributed by atoms with Gasteiger partial charge in [-0.3, -0.25) is 4.98 Å². The van der Waals surface area contributed by atoms with Gasteiger partial charge in [0.1, 0.15) is 0 Å². The zero-order chi connectivity index (χ0) is 16.3.